The number of nitrogens with one attached hydrogen (secondary N) is 2. The molecule has 0 atom stereocenters. The summed E-state index contributed by atoms with van der Waals surface area (Å²) in [5, 5.41) is 13.2. The fourth-order valence-corrected chi connectivity index (χ4v) is 5.02. The number of Topliss-reactive ketones (excluding diaryl/α,β-unsaturated/α-hetero) is 1. The van der Waals surface area contributed by atoms with Crippen LogP contribution in [0.25, 0.3) is 10.6 Å². The van der Waals surface area contributed by atoms with Crippen LogP contribution < -0.4 is 15.4 Å². The molecule has 10 nitrogen and oxygen atoms in total. The molecule has 3 aromatic rings. The van der Waals surface area contributed by atoms with Crippen LogP contribution in [0, 0.1) is 5.92 Å². The SMILES string of the molecule is O=C1Nc2cn(CC3CCNCC3)nc2C(=O)CCCOCCOc2cc(ccn2)-c2nc1cs2. The van der Waals surface area contributed by atoms with Gasteiger partial charge >= 0.3 is 0 Å². The van der Waals surface area contributed by atoms with Gasteiger partial charge in [0.2, 0.25) is 5.88 Å². The number of ether oxygens (including phenoxy) is 2. The van der Waals surface area contributed by atoms with Gasteiger partial charge in [-0.2, -0.15) is 5.10 Å². The Morgan fingerprint density at radius 2 is 2.06 bits per heavy atom. The van der Waals surface area contributed by atoms with Crippen LogP contribution in [0.5, 0.6) is 5.88 Å². The monoisotopic (exact) mass is 496 g/mol. The highest BCUT2D eigenvalue weighted by molar-refractivity contribution is 7.13. The molecule has 1 amide bonds. The van der Waals surface area contributed by atoms with E-state index in [0.29, 0.717) is 55.3 Å². The molecule has 0 unspecified atom stereocenters. The van der Waals surface area contributed by atoms with Crippen molar-refractivity contribution >= 4 is 28.7 Å². The normalized spacial score (nSPS) is 18.2. The van der Waals surface area contributed by atoms with Crippen LogP contribution in [0.2, 0.25) is 0 Å². The van der Waals surface area contributed by atoms with E-state index in [1.54, 1.807) is 28.5 Å². The average molecular weight is 497 g/mol. The number of pyridine rings is 1. The number of hydrogen-bond donors (Lipinski definition) is 2. The Labute approximate surface area is 207 Å². The van der Waals surface area contributed by atoms with E-state index in [1.807, 2.05) is 6.07 Å². The topological polar surface area (TPSA) is 120 Å². The number of carbonyl (C=O) groups excluding carboxylic acids is 2. The molecule has 4 bridgehead atoms. The highest BCUT2D eigenvalue weighted by Gasteiger charge is 2.22. The molecule has 2 aliphatic heterocycles. The maximum absolute atomic E-state index is 13.0. The van der Waals surface area contributed by atoms with E-state index < -0.39 is 0 Å². The Bertz CT molecular complexity index is 1190. The van der Waals surface area contributed by atoms with Crippen molar-refractivity contribution in [3.05, 3.63) is 41.3 Å². The summed E-state index contributed by atoms with van der Waals surface area (Å²) < 4.78 is 13.1. The van der Waals surface area contributed by atoms with Crippen molar-refractivity contribution in [1.29, 1.82) is 0 Å². The standard InChI is InChI=1S/C24H28N6O4S/c31-20-2-1-9-33-10-11-34-21-12-17(5-8-26-21)24-28-19(15-35-24)23(32)27-18-14-30(29-22(18)20)13-16-3-6-25-7-4-16/h5,8,12,14-16,25H,1-4,6-7,9-11,13H2,(H,27,32). The van der Waals surface area contributed by atoms with Crippen LogP contribution >= 0.6 is 11.3 Å². The summed E-state index contributed by atoms with van der Waals surface area (Å²) in [7, 11) is 0. The number of nitrogens with zero attached hydrogens (tertiary/aromatic N) is 4. The Morgan fingerprint density at radius 1 is 1.17 bits per heavy atom. The Balaban J connectivity index is 1.41. The van der Waals surface area contributed by atoms with E-state index in [-0.39, 0.29) is 29.5 Å². The number of hydrogen-bond acceptors (Lipinski definition) is 9. The zero-order valence-corrected chi connectivity index (χ0v) is 20.2. The third-order valence-corrected chi connectivity index (χ3v) is 6.96. The third kappa shape index (κ3) is 5.92. The van der Waals surface area contributed by atoms with Crippen molar-refractivity contribution in [2.45, 2.75) is 32.2 Å². The van der Waals surface area contributed by atoms with E-state index in [2.05, 4.69) is 25.7 Å². The molecule has 1 saturated heterocycles. The molecular weight excluding hydrogens is 468 g/mol. The van der Waals surface area contributed by atoms with Gasteiger partial charge in [-0.25, -0.2) is 9.97 Å². The van der Waals surface area contributed by atoms with Gasteiger partial charge in [-0.05, 0) is 44.3 Å². The van der Waals surface area contributed by atoms with E-state index in [1.165, 1.54) is 11.3 Å². The molecule has 11 heteroatoms. The molecule has 0 radical (unpaired) electrons. The van der Waals surface area contributed by atoms with Gasteiger partial charge in [-0.3, -0.25) is 14.3 Å². The summed E-state index contributed by atoms with van der Waals surface area (Å²) in [6.45, 7) is 3.86. The number of amides is 1. The summed E-state index contributed by atoms with van der Waals surface area (Å²) in [5.74, 6) is 0.454. The lowest BCUT2D eigenvalue weighted by molar-refractivity contribution is 0.0861. The van der Waals surface area contributed by atoms with E-state index in [4.69, 9.17) is 9.47 Å². The summed E-state index contributed by atoms with van der Waals surface area (Å²) in [6, 6.07) is 3.62. The second-order valence-electron chi connectivity index (χ2n) is 8.67. The highest BCUT2D eigenvalue weighted by Crippen LogP contribution is 2.27. The van der Waals surface area contributed by atoms with Gasteiger partial charge in [0.25, 0.3) is 5.91 Å². The van der Waals surface area contributed by atoms with Gasteiger partial charge in [0.1, 0.15) is 17.3 Å². The fraction of sp³-hybridized carbons (Fsp3) is 0.458. The number of piperidine rings is 1. The largest absolute Gasteiger partial charge is 0.475 e. The number of ketones is 1. The summed E-state index contributed by atoms with van der Waals surface area (Å²) in [6.07, 6.45) is 6.37. The van der Waals surface area contributed by atoms with Gasteiger partial charge in [0.05, 0.1) is 12.3 Å². The minimum atomic E-state index is -0.377. The van der Waals surface area contributed by atoms with Crippen molar-refractivity contribution < 1.29 is 19.1 Å². The second-order valence-corrected chi connectivity index (χ2v) is 9.53. The number of thiazole rings is 1. The maximum atomic E-state index is 13.0. The smallest absolute Gasteiger partial charge is 0.275 e. The van der Waals surface area contributed by atoms with Gasteiger partial charge in [0, 0.05) is 49.0 Å². The van der Waals surface area contributed by atoms with Gasteiger partial charge in [0.15, 0.2) is 11.5 Å². The molecule has 2 N–H and O–H groups in total. The summed E-state index contributed by atoms with van der Waals surface area (Å²) >= 11 is 1.36. The van der Waals surface area contributed by atoms with Crippen LogP contribution in [0.4, 0.5) is 5.69 Å². The molecule has 0 saturated carbocycles. The molecule has 35 heavy (non-hydrogen) atoms. The van der Waals surface area contributed by atoms with Crippen LogP contribution in [-0.2, 0) is 11.3 Å². The Kier molecular flexibility index (Phi) is 7.45. The lowest BCUT2D eigenvalue weighted by atomic mass is 9.98. The van der Waals surface area contributed by atoms with E-state index in [9.17, 15) is 9.59 Å². The molecule has 5 rings (SSSR count). The lowest BCUT2D eigenvalue weighted by Gasteiger charge is -2.22. The van der Waals surface area contributed by atoms with Crippen LogP contribution in [0.1, 0.15) is 46.7 Å². The summed E-state index contributed by atoms with van der Waals surface area (Å²) in [5.41, 5.74) is 1.80. The fourth-order valence-electron chi connectivity index (χ4n) is 4.22. The zero-order chi connectivity index (χ0) is 24.0. The van der Waals surface area contributed by atoms with Crippen molar-refractivity contribution in [1.82, 2.24) is 25.1 Å². The number of carbonyl (C=O) groups is 2. The van der Waals surface area contributed by atoms with Gasteiger partial charge < -0.3 is 20.1 Å². The maximum Gasteiger partial charge on any atom is 0.275 e. The third-order valence-electron chi connectivity index (χ3n) is 6.07. The first kappa shape index (κ1) is 23.6. The molecule has 3 aromatic heterocycles. The first-order valence-electron chi connectivity index (χ1n) is 11.9. The molecular formula is C24H28N6O4S. The molecule has 0 aliphatic carbocycles. The van der Waals surface area contributed by atoms with Crippen LogP contribution in [0.3, 0.4) is 0 Å². The minimum absolute atomic E-state index is 0.122. The predicted octanol–water partition coefficient (Wildman–Crippen LogP) is 3.03. The first-order chi connectivity index (χ1) is 17.2. The molecule has 1 fully saturated rings. The van der Waals surface area contributed by atoms with Crippen molar-refractivity contribution in [2.24, 2.45) is 5.92 Å². The van der Waals surface area contributed by atoms with Crippen LogP contribution in [-0.4, -0.2) is 64.3 Å². The average Bonchev–Trinajstić information content (AvgIpc) is 3.51. The predicted molar refractivity (Wildman–Crippen MR) is 131 cm³/mol. The molecule has 0 spiro atoms. The van der Waals surface area contributed by atoms with Crippen LogP contribution in [0.15, 0.2) is 29.9 Å². The summed E-state index contributed by atoms with van der Waals surface area (Å²) in [4.78, 5) is 34.8. The zero-order valence-electron chi connectivity index (χ0n) is 19.4. The number of anilines is 1. The Hall–Kier alpha value is -3.15. The molecule has 2 aliphatic rings. The molecule has 0 aromatic carbocycles. The van der Waals surface area contributed by atoms with Gasteiger partial charge in [-0.15, -0.1) is 11.3 Å². The van der Waals surface area contributed by atoms with E-state index in [0.717, 1.165) is 31.5 Å². The number of fused-ring (bicyclic) bond motifs is 6. The molecule has 5 heterocycles. The van der Waals surface area contributed by atoms with Crippen molar-refractivity contribution in [3.63, 3.8) is 0 Å². The lowest BCUT2D eigenvalue weighted by Crippen LogP contribution is -2.30. The quantitative estimate of drug-likeness (QED) is 0.556. The number of rotatable bonds is 2. The van der Waals surface area contributed by atoms with Crippen molar-refractivity contribution in [2.75, 3.05) is 38.2 Å². The molecule has 184 valence electrons. The van der Waals surface area contributed by atoms with Gasteiger partial charge in [-0.1, -0.05) is 0 Å². The second kappa shape index (κ2) is 11.1. The van der Waals surface area contributed by atoms with E-state index >= 15 is 0 Å². The first-order valence-corrected chi connectivity index (χ1v) is 12.8. The number of aromatic nitrogens is 4. The Morgan fingerprint density at radius 3 is 2.94 bits per heavy atom. The highest BCUT2D eigenvalue weighted by atomic mass is 32.1. The van der Waals surface area contributed by atoms with Crippen molar-refractivity contribution in [3.8, 4) is 16.5 Å². The minimum Gasteiger partial charge on any atom is -0.475 e.